The molecule has 0 rings (SSSR count). The Hall–Kier alpha value is -0.553. The van der Waals surface area contributed by atoms with Crippen LogP contribution < -0.4 is 5.73 Å². The number of ether oxygens (including phenoxy) is 1. The number of primary amides is 1. The zero-order valence-electron chi connectivity index (χ0n) is 4.10. The highest BCUT2D eigenvalue weighted by Gasteiger charge is 1.82. The summed E-state index contributed by atoms with van der Waals surface area (Å²) in [4.78, 5) is 9.60. The summed E-state index contributed by atoms with van der Waals surface area (Å²) in [6, 6.07) is 0. The van der Waals surface area contributed by atoms with Gasteiger partial charge in [0.2, 0.25) is 0 Å². The topological polar surface area (TPSA) is 83.8 Å². The fraction of sp³-hybridized carbons (Fsp3) is 0.667. The zero-order valence-corrected chi connectivity index (χ0v) is 4.10. The third-order valence-electron chi connectivity index (χ3n) is 0.287. The molecule has 0 unspecified atom stereocenters. The highest BCUT2D eigenvalue weighted by molar-refractivity contribution is 5.75. The van der Waals surface area contributed by atoms with Gasteiger partial charge in [-0.15, -0.1) is 0 Å². The first kappa shape index (κ1) is 15.7. The lowest BCUT2D eigenvalue weighted by Gasteiger charge is -1.89. The summed E-state index contributed by atoms with van der Waals surface area (Å²) < 4.78 is 4.18. The number of hydrogen-bond acceptors (Lipinski definition) is 2. The van der Waals surface area contributed by atoms with Crippen LogP contribution in [0.3, 0.4) is 0 Å². The van der Waals surface area contributed by atoms with Crippen LogP contribution in [0.4, 0.5) is 4.79 Å². The minimum Gasteiger partial charge on any atom is -0.450 e. The van der Waals surface area contributed by atoms with E-state index in [-0.39, 0.29) is 16.4 Å². The molecule has 0 spiro atoms. The van der Waals surface area contributed by atoms with Crippen LogP contribution in [0.5, 0.6) is 0 Å². The van der Waals surface area contributed by atoms with E-state index in [0.717, 1.165) is 0 Å². The number of carbonyl (C=O) groups excluding carboxylic acids is 1. The van der Waals surface area contributed by atoms with E-state index in [1.54, 1.807) is 6.92 Å². The molecule has 0 radical (unpaired) electrons. The molecule has 0 atom stereocenters. The van der Waals surface area contributed by atoms with E-state index in [1.807, 2.05) is 0 Å². The van der Waals surface area contributed by atoms with Gasteiger partial charge in [0.1, 0.15) is 0 Å². The normalized spacial score (nSPS) is 5.62. The molecule has 4 N–H and O–H groups in total. The molecule has 0 aromatic carbocycles. The van der Waals surface area contributed by atoms with Crippen LogP contribution in [0.15, 0.2) is 0 Å². The number of nitrogens with two attached hydrogens (primary N) is 1. The molecule has 8 heavy (non-hydrogen) atoms. The van der Waals surface area contributed by atoms with Gasteiger partial charge in [-0.05, 0) is 17.9 Å². The van der Waals surface area contributed by atoms with E-state index in [1.165, 1.54) is 0 Å². The fourth-order valence-electron chi connectivity index (χ4n) is 0.142. The molecular weight excluding hydrogens is 126 g/mol. The molecule has 0 heterocycles. The third-order valence-corrected chi connectivity index (χ3v) is 0.287. The highest BCUT2D eigenvalue weighted by atomic mass is 28.1. The lowest BCUT2D eigenvalue weighted by Crippen LogP contribution is -2.11. The second-order valence-corrected chi connectivity index (χ2v) is 0.752. The Morgan fingerprint density at radius 2 is 2.12 bits per heavy atom. The summed E-state index contributed by atoms with van der Waals surface area (Å²) in [5.74, 6) is 0. The van der Waals surface area contributed by atoms with Crippen molar-refractivity contribution in [1.29, 1.82) is 0 Å². The maximum Gasteiger partial charge on any atom is 0.404 e. The standard InChI is InChI=1S/C3H7NO2.H2O.H4Si/c1-2-6-3(4)5;;/h2H2,1H3,(H2,4,5);1H2;1H4. The molecule has 0 saturated heterocycles. The van der Waals surface area contributed by atoms with Crippen molar-refractivity contribution in [1.82, 2.24) is 0 Å². The third kappa shape index (κ3) is 18.0. The Labute approximate surface area is 52.3 Å². The molecule has 5 heteroatoms. The molecular formula is C3H13NO3Si. The van der Waals surface area contributed by atoms with E-state index >= 15 is 0 Å². The van der Waals surface area contributed by atoms with E-state index in [9.17, 15) is 4.79 Å². The van der Waals surface area contributed by atoms with Crippen molar-refractivity contribution in [3.63, 3.8) is 0 Å². The summed E-state index contributed by atoms with van der Waals surface area (Å²) in [5, 5.41) is 0. The lowest BCUT2D eigenvalue weighted by molar-refractivity contribution is 0.163. The molecule has 0 aliphatic heterocycles. The molecule has 0 aliphatic carbocycles. The minimum atomic E-state index is -0.711. The van der Waals surface area contributed by atoms with E-state index in [2.05, 4.69) is 10.5 Å². The Morgan fingerprint density at radius 3 is 2.12 bits per heavy atom. The largest absolute Gasteiger partial charge is 0.450 e. The lowest BCUT2D eigenvalue weighted by atomic mass is 10.9. The SMILES string of the molecule is CCOC(N)=O.O.[SiH4]. The van der Waals surface area contributed by atoms with Gasteiger partial charge in [0.05, 0.1) is 6.61 Å². The fourth-order valence-corrected chi connectivity index (χ4v) is 0.142. The minimum absolute atomic E-state index is 0. The van der Waals surface area contributed by atoms with Gasteiger partial charge in [0.25, 0.3) is 0 Å². The number of rotatable bonds is 1. The first-order valence-corrected chi connectivity index (χ1v) is 1.69. The van der Waals surface area contributed by atoms with E-state index in [4.69, 9.17) is 0 Å². The first-order chi connectivity index (χ1) is 2.77. The maximum atomic E-state index is 9.60. The smallest absolute Gasteiger partial charge is 0.404 e. The predicted octanol–water partition coefficient (Wildman–Crippen LogP) is -2.17. The average molecular weight is 139 g/mol. The van der Waals surface area contributed by atoms with Gasteiger partial charge in [-0.25, -0.2) is 4.79 Å². The average Bonchev–Trinajstić information content (AvgIpc) is 1.35. The van der Waals surface area contributed by atoms with Crippen LogP contribution in [-0.4, -0.2) is 29.1 Å². The predicted molar refractivity (Wildman–Crippen MR) is 36.2 cm³/mol. The maximum absolute atomic E-state index is 9.60. The van der Waals surface area contributed by atoms with Crippen molar-refractivity contribution in [2.24, 2.45) is 5.73 Å². The molecule has 0 bridgehead atoms. The van der Waals surface area contributed by atoms with Crippen LogP contribution in [0.25, 0.3) is 0 Å². The number of carbonyl (C=O) groups is 1. The Bertz CT molecular complexity index is 58.5. The molecule has 0 aromatic heterocycles. The Kier molecular flexibility index (Phi) is 18.9. The van der Waals surface area contributed by atoms with Crippen molar-refractivity contribution in [3.8, 4) is 0 Å². The van der Waals surface area contributed by atoms with Gasteiger partial charge in [-0.3, -0.25) is 0 Å². The molecule has 0 aliphatic rings. The van der Waals surface area contributed by atoms with Crippen LogP contribution in [0.2, 0.25) is 0 Å². The second-order valence-electron chi connectivity index (χ2n) is 0.752. The number of amides is 1. The first-order valence-electron chi connectivity index (χ1n) is 1.69. The van der Waals surface area contributed by atoms with Gasteiger partial charge in [0, 0.05) is 0 Å². The molecule has 0 fully saturated rings. The van der Waals surface area contributed by atoms with Gasteiger partial charge >= 0.3 is 6.09 Å². The summed E-state index contributed by atoms with van der Waals surface area (Å²) in [6.45, 7) is 2.06. The van der Waals surface area contributed by atoms with Crippen LogP contribution in [0, 0.1) is 0 Å². The van der Waals surface area contributed by atoms with Crippen molar-refractivity contribution in [2.45, 2.75) is 6.92 Å². The van der Waals surface area contributed by atoms with Gasteiger partial charge in [-0.1, -0.05) is 0 Å². The van der Waals surface area contributed by atoms with Crippen LogP contribution in [-0.2, 0) is 4.74 Å². The quantitative estimate of drug-likeness (QED) is 0.419. The van der Waals surface area contributed by atoms with E-state index < -0.39 is 6.09 Å². The molecule has 0 saturated carbocycles. The molecule has 4 nitrogen and oxygen atoms in total. The number of hydrogen-bond donors (Lipinski definition) is 1. The van der Waals surface area contributed by atoms with Gasteiger partial charge in [-0.2, -0.15) is 0 Å². The Morgan fingerprint density at radius 1 is 1.75 bits per heavy atom. The van der Waals surface area contributed by atoms with Crippen molar-refractivity contribution in [3.05, 3.63) is 0 Å². The summed E-state index contributed by atoms with van der Waals surface area (Å²) in [6.07, 6.45) is -0.711. The van der Waals surface area contributed by atoms with Gasteiger partial charge in [0.15, 0.2) is 0 Å². The summed E-state index contributed by atoms with van der Waals surface area (Å²) >= 11 is 0. The second kappa shape index (κ2) is 9.67. The van der Waals surface area contributed by atoms with Crippen molar-refractivity contribution >= 4 is 17.1 Å². The molecule has 0 aromatic rings. The molecule has 1 amide bonds. The van der Waals surface area contributed by atoms with Crippen molar-refractivity contribution < 1.29 is 15.0 Å². The van der Waals surface area contributed by atoms with Crippen LogP contribution in [0.1, 0.15) is 6.92 Å². The monoisotopic (exact) mass is 139 g/mol. The van der Waals surface area contributed by atoms with Crippen LogP contribution >= 0.6 is 0 Å². The summed E-state index contributed by atoms with van der Waals surface area (Å²) in [7, 11) is 0. The Balaban J connectivity index is -0.000000125. The highest BCUT2D eigenvalue weighted by Crippen LogP contribution is 1.66. The molecule has 52 valence electrons. The summed E-state index contributed by atoms with van der Waals surface area (Å²) in [5.41, 5.74) is 4.54. The van der Waals surface area contributed by atoms with E-state index in [0.29, 0.717) is 6.61 Å². The van der Waals surface area contributed by atoms with Gasteiger partial charge < -0.3 is 15.9 Å². The zero-order chi connectivity index (χ0) is 4.99. The van der Waals surface area contributed by atoms with Crippen molar-refractivity contribution in [2.75, 3.05) is 6.61 Å².